The third-order valence-electron chi connectivity index (χ3n) is 2.66. The summed E-state index contributed by atoms with van der Waals surface area (Å²) in [6, 6.07) is 5.48. The van der Waals surface area contributed by atoms with Crippen molar-refractivity contribution in [2.24, 2.45) is 5.41 Å². The maximum atomic E-state index is 12.7. The third-order valence-corrected chi connectivity index (χ3v) is 2.66. The number of aliphatic hydroxyl groups is 1. The van der Waals surface area contributed by atoms with Gasteiger partial charge in [0, 0.05) is 18.6 Å². The summed E-state index contributed by atoms with van der Waals surface area (Å²) in [5.41, 5.74) is -0.370. The van der Waals surface area contributed by atoms with Crippen molar-refractivity contribution in [1.29, 1.82) is 0 Å². The van der Waals surface area contributed by atoms with Gasteiger partial charge in [-0.1, -0.05) is 13.8 Å². The molecule has 1 unspecified atom stereocenters. The van der Waals surface area contributed by atoms with Crippen molar-refractivity contribution in [3.05, 3.63) is 30.1 Å². The molecule has 1 rings (SSSR count). The summed E-state index contributed by atoms with van der Waals surface area (Å²) >= 11 is 0. The Balaban J connectivity index is 2.47. The van der Waals surface area contributed by atoms with Crippen LogP contribution in [0.5, 0.6) is 5.75 Å². The lowest BCUT2D eigenvalue weighted by Gasteiger charge is -2.23. The largest absolute Gasteiger partial charge is 0.481 e. The SMILES string of the molecule is CC(Oc1ccc(F)cc1)C(=O)NCC(C)(C)CO. The number of hydrogen-bond acceptors (Lipinski definition) is 3. The molecule has 0 aliphatic carbocycles. The topological polar surface area (TPSA) is 58.6 Å². The zero-order valence-electron chi connectivity index (χ0n) is 11.4. The van der Waals surface area contributed by atoms with E-state index in [1.165, 1.54) is 24.3 Å². The number of carbonyl (C=O) groups is 1. The maximum absolute atomic E-state index is 12.7. The quantitative estimate of drug-likeness (QED) is 0.827. The van der Waals surface area contributed by atoms with Crippen molar-refractivity contribution in [2.45, 2.75) is 26.9 Å². The normalized spacial score (nSPS) is 12.9. The van der Waals surface area contributed by atoms with Crippen LogP contribution in [0.3, 0.4) is 0 Å². The van der Waals surface area contributed by atoms with Crippen molar-refractivity contribution >= 4 is 5.91 Å². The molecule has 0 aliphatic heterocycles. The van der Waals surface area contributed by atoms with Gasteiger partial charge in [0.1, 0.15) is 11.6 Å². The van der Waals surface area contributed by atoms with Gasteiger partial charge in [-0.15, -0.1) is 0 Å². The smallest absolute Gasteiger partial charge is 0.260 e. The van der Waals surface area contributed by atoms with E-state index in [0.717, 1.165) is 0 Å². The van der Waals surface area contributed by atoms with Gasteiger partial charge in [0.2, 0.25) is 0 Å². The third kappa shape index (κ3) is 5.26. The van der Waals surface area contributed by atoms with Gasteiger partial charge in [0.15, 0.2) is 6.10 Å². The lowest BCUT2D eigenvalue weighted by Crippen LogP contribution is -2.42. The molecular weight excluding hydrogens is 249 g/mol. The molecule has 1 amide bonds. The number of rotatable bonds is 6. The first-order valence-electron chi connectivity index (χ1n) is 6.15. The van der Waals surface area contributed by atoms with Crippen LogP contribution in [0.2, 0.25) is 0 Å². The minimum atomic E-state index is -0.681. The Kier molecular flexibility index (Phi) is 5.30. The van der Waals surface area contributed by atoms with Crippen LogP contribution in [-0.4, -0.2) is 30.3 Å². The van der Waals surface area contributed by atoms with Crippen LogP contribution in [-0.2, 0) is 4.79 Å². The molecule has 1 aromatic rings. The van der Waals surface area contributed by atoms with Crippen molar-refractivity contribution < 1.29 is 19.0 Å². The Morgan fingerprint density at radius 3 is 2.53 bits per heavy atom. The standard InChI is InChI=1S/C14H20FNO3/c1-10(13(18)16-8-14(2,3)9-17)19-12-6-4-11(15)5-7-12/h4-7,10,17H,8-9H2,1-3H3,(H,16,18). The molecule has 1 aromatic carbocycles. The lowest BCUT2D eigenvalue weighted by atomic mass is 9.95. The van der Waals surface area contributed by atoms with Crippen molar-refractivity contribution in [2.75, 3.05) is 13.2 Å². The van der Waals surface area contributed by atoms with E-state index in [9.17, 15) is 9.18 Å². The van der Waals surface area contributed by atoms with Gasteiger partial charge in [-0.3, -0.25) is 4.79 Å². The number of halogens is 1. The Hall–Kier alpha value is -1.62. The van der Waals surface area contributed by atoms with Gasteiger partial charge in [-0.2, -0.15) is 0 Å². The van der Waals surface area contributed by atoms with Crippen LogP contribution in [0.25, 0.3) is 0 Å². The Bertz CT molecular complexity index is 417. The fraction of sp³-hybridized carbons (Fsp3) is 0.500. The summed E-state index contributed by atoms with van der Waals surface area (Å²) in [7, 11) is 0. The maximum Gasteiger partial charge on any atom is 0.260 e. The Morgan fingerprint density at radius 1 is 1.42 bits per heavy atom. The highest BCUT2D eigenvalue weighted by molar-refractivity contribution is 5.80. The van der Waals surface area contributed by atoms with E-state index in [1.54, 1.807) is 6.92 Å². The van der Waals surface area contributed by atoms with Crippen LogP contribution in [0, 0.1) is 11.2 Å². The van der Waals surface area contributed by atoms with Crippen LogP contribution in [0.1, 0.15) is 20.8 Å². The first-order valence-corrected chi connectivity index (χ1v) is 6.15. The first kappa shape index (κ1) is 15.4. The summed E-state index contributed by atoms with van der Waals surface area (Å²) in [4.78, 5) is 11.8. The molecule has 1 atom stereocenters. The van der Waals surface area contributed by atoms with Crippen LogP contribution in [0.4, 0.5) is 4.39 Å². The number of amides is 1. The average molecular weight is 269 g/mol. The summed E-state index contributed by atoms with van der Waals surface area (Å²) < 4.78 is 18.1. The number of ether oxygens (including phenoxy) is 1. The number of nitrogens with one attached hydrogen (secondary N) is 1. The number of aliphatic hydroxyl groups excluding tert-OH is 1. The molecule has 5 heteroatoms. The minimum Gasteiger partial charge on any atom is -0.481 e. The van der Waals surface area contributed by atoms with Gasteiger partial charge >= 0.3 is 0 Å². The van der Waals surface area contributed by atoms with Gasteiger partial charge in [0.25, 0.3) is 5.91 Å². The summed E-state index contributed by atoms with van der Waals surface area (Å²) in [5.74, 6) is -0.189. The fourth-order valence-corrected chi connectivity index (χ4v) is 1.30. The van der Waals surface area contributed by atoms with Crippen LogP contribution in [0.15, 0.2) is 24.3 Å². The summed E-state index contributed by atoms with van der Waals surface area (Å²) in [6.45, 7) is 5.65. The van der Waals surface area contributed by atoms with Gasteiger partial charge in [-0.25, -0.2) is 4.39 Å². The Morgan fingerprint density at radius 2 is 2.00 bits per heavy atom. The number of benzene rings is 1. The van der Waals surface area contributed by atoms with Gasteiger partial charge in [-0.05, 0) is 31.2 Å². The van der Waals surface area contributed by atoms with Crippen molar-refractivity contribution in [3.8, 4) is 5.75 Å². The molecule has 19 heavy (non-hydrogen) atoms. The molecule has 0 aliphatic rings. The van der Waals surface area contributed by atoms with Crippen LogP contribution >= 0.6 is 0 Å². The molecule has 0 aromatic heterocycles. The molecule has 0 saturated carbocycles. The molecule has 0 heterocycles. The number of carbonyl (C=O) groups excluding carboxylic acids is 1. The summed E-state index contributed by atoms with van der Waals surface area (Å²) in [5, 5.41) is 11.8. The highest BCUT2D eigenvalue weighted by Gasteiger charge is 2.20. The second-order valence-corrected chi connectivity index (χ2v) is 5.25. The minimum absolute atomic E-state index is 0.0134. The average Bonchev–Trinajstić information content (AvgIpc) is 2.38. The first-order chi connectivity index (χ1) is 8.84. The highest BCUT2D eigenvalue weighted by Crippen LogP contribution is 2.14. The molecule has 0 bridgehead atoms. The van der Waals surface area contributed by atoms with E-state index >= 15 is 0 Å². The monoisotopic (exact) mass is 269 g/mol. The van der Waals surface area contributed by atoms with E-state index in [4.69, 9.17) is 9.84 Å². The Labute approximate surface area is 112 Å². The summed E-state index contributed by atoms with van der Waals surface area (Å²) in [6.07, 6.45) is -0.681. The van der Waals surface area contributed by atoms with E-state index in [1.807, 2.05) is 13.8 Å². The van der Waals surface area contributed by atoms with Crippen LogP contribution < -0.4 is 10.1 Å². The lowest BCUT2D eigenvalue weighted by molar-refractivity contribution is -0.127. The second kappa shape index (κ2) is 6.52. The van der Waals surface area contributed by atoms with E-state index in [-0.39, 0.29) is 23.7 Å². The fourth-order valence-electron chi connectivity index (χ4n) is 1.30. The molecule has 2 N–H and O–H groups in total. The zero-order chi connectivity index (χ0) is 14.5. The van der Waals surface area contributed by atoms with E-state index < -0.39 is 6.10 Å². The highest BCUT2D eigenvalue weighted by atomic mass is 19.1. The van der Waals surface area contributed by atoms with Gasteiger partial charge in [0.05, 0.1) is 0 Å². The molecule has 106 valence electrons. The molecule has 4 nitrogen and oxygen atoms in total. The molecule has 0 saturated heterocycles. The molecular formula is C14H20FNO3. The van der Waals surface area contributed by atoms with E-state index in [0.29, 0.717) is 12.3 Å². The number of hydrogen-bond donors (Lipinski definition) is 2. The van der Waals surface area contributed by atoms with Crippen molar-refractivity contribution in [1.82, 2.24) is 5.32 Å². The second-order valence-electron chi connectivity index (χ2n) is 5.25. The van der Waals surface area contributed by atoms with Crippen molar-refractivity contribution in [3.63, 3.8) is 0 Å². The van der Waals surface area contributed by atoms with E-state index in [2.05, 4.69) is 5.32 Å². The van der Waals surface area contributed by atoms with Gasteiger partial charge < -0.3 is 15.2 Å². The molecule has 0 fully saturated rings. The molecule has 0 spiro atoms. The zero-order valence-corrected chi connectivity index (χ0v) is 11.4. The molecule has 0 radical (unpaired) electrons. The predicted molar refractivity (Wildman–Crippen MR) is 70.4 cm³/mol. The predicted octanol–water partition coefficient (Wildman–Crippen LogP) is 1.73.